The van der Waals surface area contributed by atoms with Crippen molar-refractivity contribution in [1.29, 1.82) is 0 Å². The number of H-pyrrole nitrogens is 1. The van der Waals surface area contributed by atoms with Gasteiger partial charge in [-0.25, -0.2) is 13.1 Å². The quantitative estimate of drug-likeness (QED) is 0.673. The molecule has 0 saturated heterocycles. The second kappa shape index (κ2) is 4.59. The third-order valence-electron chi connectivity index (χ3n) is 2.84. The van der Waals surface area contributed by atoms with Crippen LogP contribution >= 0.6 is 0 Å². The van der Waals surface area contributed by atoms with Crippen molar-refractivity contribution >= 4 is 10.0 Å². The van der Waals surface area contributed by atoms with E-state index in [1.807, 2.05) is 0 Å². The summed E-state index contributed by atoms with van der Waals surface area (Å²) in [6.45, 7) is 0.318. The van der Waals surface area contributed by atoms with Crippen LogP contribution in [0.2, 0.25) is 0 Å². The molecule has 0 aliphatic heterocycles. The van der Waals surface area contributed by atoms with E-state index in [1.54, 1.807) is 0 Å². The van der Waals surface area contributed by atoms with Crippen LogP contribution in [0, 0.1) is 5.92 Å². The second-order valence-electron chi connectivity index (χ2n) is 4.23. The fourth-order valence-corrected chi connectivity index (χ4v) is 2.82. The van der Waals surface area contributed by atoms with Crippen molar-refractivity contribution in [2.45, 2.75) is 23.8 Å². The minimum atomic E-state index is -3.57. The molecule has 6 nitrogen and oxygen atoms in total. The van der Waals surface area contributed by atoms with E-state index in [0.717, 1.165) is 0 Å². The van der Waals surface area contributed by atoms with Gasteiger partial charge in [-0.15, -0.1) is 0 Å². The molecule has 2 rings (SSSR count). The van der Waals surface area contributed by atoms with Crippen molar-refractivity contribution in [2.75, 3.05) is 6.54 Å². The van der Waals surface area contributed by atoms with Gasteiger partial charge in [-0.05, 0) is 24.8 Å². The average molecular weight is 258 g/mol. The third kappa shape index (κ3) is 2.93. The maximum atomic E-state index is 11.8. The molecule has 3 N–H and O–H groups in total. The standard InChI is InChI=1S/C10H14N2O4S/c13-8-3-7(4-8)5-12-17(15,16)9-1-2-10(14)11-6-9/h1-2,6-8,12-13H,3-5H2,(H,11,14). The van der Waals surface area contributed by atoms with Crippen LogP contribution in [0.25, 0.3) is 0 Å². The SMILES string of the molecule is O=c1ccc(S(=O)(=O)NCC2CC(O)C2)c[nH]1. The molecule has 1 fully saturated rings. The van der Waals surface area contributed by atoms with Crippen LogP contribution in [0.5, 0.6) is 0 Å². The molecule has 0 amide bonds. The lowest BCUT2D eigenvalue weighted by atomic mass is 9.83. The van der Waals surface area contributed by atoms with E-state index in [2.05, 4.69) is 9.71 Å². The topological polar surface area (TPSA) is 99.3 Å². The molecule has 0 radical (unpaired) electrons. The number of pyridine rings is 1. The Bertz CT molecular complexity index is 525. The number of rotatable bonds is 4. The Kier molecular flexibility index (Phi) is 3.32. The summed E-state index contributed by atoms with van der Waals surface area (Å²) in [4.78, 5) is 13.2. The van der Waals surface area contributed by atoms with Crippen LogP contribution in [0.1, 0.15) is 12.8 Å². The van der Waals surface area contributed by atoms with Gasteiger partial charge in [-0.2, -0.15) is 0 Å². The number of aliphatic hydroxyl groups excluding tert-OH is 1. The molecule has 17 heavy (non-hydrogen) atoms. The molecular weight excluding hydrogens is 244 g/mol. The summed E-state index contributed by atoms with van der Waals surface area (Å²) in [5.74, 6) is 0.197. The summed E-state index contributed by atoms with van der Waals surface area (Å²) in [7, 11) is -3.57. The Labute approximate surface area is 98.7 Å². The highest BCUT2D eigenvalue weighted by Crippen LogP contribution is 2.26. The summed E-state index contributed by atoms with van der Waals surface area (Å²) >= 11 is 0. The molecule has 1 aliphatic rings. The molecule has 1 aliphatic carbocycles. The van der Waals surface area contributed by atoms with Gasteiger partial charge in [0.25, 0.3) is 0 Å². The van der Waals surface area contributed by atoms with E-state index in [1.165, 1.54) is 18.3 Å². The van der Waals surface area contributed by atoms with Gasteiger partial charge in [-0.1, -0.05) is 0 Å². The van der Waals surface area contributed by atoms with Crippen molar-refractivity contribution < 1.29 is 13.5 Å². The highest BCUT2D eigenvalue weighted by Gasteiger charge is 2.28. The van der Waals surface area contributed by atoms with Gasteiger partial charge in [-0.3, -0.25) is 4.79 Å². The van der Waals surface area contributed by atoms with Crippen molar-refractivity contribution in [3.05, 3.63) is 28.7 Å². The minimum absolute atomic E-state index is 0.0389. The molecule has 1 aromatic rings. The zero-order chi connectivity index (χ0) is 12.5. The number of sulfonamides is 1. The molecule has 94 valence electrons. The van der Waals surface area contributed by atoms with E-state index >= 15 is 0 Å². The van der Waals surface area contributed by atoms with Gasteiger partial charge in [0, 0.05) is 18.8 Å². The van der Waals surface area contributed by atoms with E-state index in [0.29, 0.717) is 19.4 Å². The van der Waals surface area contributed by atoms with Gasteiger partial charge in [0.1, 0.15) is 0 Å². The molecule has 0 bridgehead atoms. The largest absolute Gasteiger partial charge is 0.393 e. The molecule has 0 aromatic carbocycles. The first kappa shape index (κ1) is 12.3. The number of aliphatic hydroxyl groups is 1. The maximum absolute atomic E-state index is 11.8. The fraction of sp³-hybridized carbons (Fsp3) is 0.500. The van der Waals surface area contributed by atoms with Crippen molar-refractivity contribution in [3.8, 4) is 0 Å². The lowest BCUT2D eigenvalue weighted by Gasteiger charge is -2.31. The first-order valence-corrected chi connectivity index (χ1v) is 6.82. The number of hydrogen-bond acceptors (Lipinski definition) is 4. The first-order chi connectivity index (χ1) is 7.97. The predicted octanol–water partition coefficient (Wildman–Crippen LogP) is -0.576. The molecule has 7 heteroatoms. The Morgan fingerprint density at radius 3 is 2.65 bits per heavy atom. The first-order valence-electron chi connectivity index (χ1n) is 5.34. The van der Waals surface area contributed by atoms with Gasteiger partial charge < -0.3 is 10.1 Å². The molecule has 0 spiro atoms. The number of nitrogens with one attached hydrogen (secondary N) is 2. The van der Waals surface area contributed by atoms with Crippen molar-refractivity contribution in [2.24, 2.45) is 5.92 Å². The van der Waals surface area contributed by atoms with Crippen LogP contribution < -0.4 is 10.3 Å². The zero-order valence-electron chi connectivity index (χ0n) is 9.09. The molecule has 0 atom stereocenters. The van der Waals surface area contributed by atoms with Gasteiger partial charge >= 0.3 is 0 Å². The van der Waals surface area contributed by atoms with Crippen LogP contribution in [-0.2, 0) is 10.0 Å². The van der Waals surface area contributed by atoms with Crippen LogP contribution in [0.15, 0.2) is 28.0 Å². The molecule has 0 unspecified atom stereocenters. The predicted molar refractivity (Wildman–Crippen MR) is 61.0 cm³/mol. The summed E-state index contributed by atoms with van der Waals surface area (Å²) in [5, 5.41) is 9.08. The van der Waals surface area contributed by atoms with E-state index in [-0.39, 0.29) is 22.5 Å². The maximum Gasteiger partial charge on any atom is 0.247 e. The number of hydrogen-bond donors (Lipinski definition) is 3. The summed E-state index contributed by atoms with van der Waals surface area (Å²) in [5.41, 5.74) is -0.342. The fourth-order valence-electron chi connectivity index (χ4n) is 1.74. The van der Waals surface area contributed by atoms with E-state index in [4.69, 9.17) is 5.11 Å². The Hall–Kier alpha value is -1.18. The molecule has 1 heterocycles. The van der Waals surface area contributed by atoms with Gasteiger partial charge in [0.15, 0.2) is 0 Å². The lowest BCUT2D eigenvalue weighted by Crippen LogP contribution is -2.38. The van der Waals surface area contributed by atoms with Gasteiger partial charge in [0.2, 0.25) is 15.6 Å². The lowest BCUT2D eigenvalue weighted by molar-refractivity contribution is 0.0453. The number of aromatic nitrogens is 1. The average Bonchev–Trinajstić information content (AvgIpc) is 2.23. The smallest absolute Gasteiger partial charge is 0.247 e. The summed E-state index contributed by atoms with van der Waals surface area (Å²) in [6, 6.07) is 2.43. The number of aromatic amines is 1. The Morgan fingerprint density at radius 2 is 2.12 bits per heavy atom. The third-order valence-corrected chi connectivity index (χ3v) is 4.26. The van der Waals surface area contributed by atoms with E-state index in [9.17, 15) is 13.2 Å². The van der Waals surface area contributed by atoms with Crippen LogP contribution in [0.3, 0.4) is 0 Å². The second-order valence-corrected chi connectivity index (χ2v) is 6.00. The Balaban J connectivity index is 1.99. The Morgan fingerprint density at radius 1 is 1.41 bits per heavy atom. The van der Waals surface area contributed by atoms with Crippen molar-refractivity contribution in [3.63, 3.8) is 0 Å². The summed E-state index contributed by atoms with van der Waals surface area (Å²) in [6.07, 6.45) is 2.14. The minimum Gasteiger partial charge on any atom is -0.393 e. The van der Waals surface area contributed by atoms with E-state index < -0.39 is 10.0 Å². The highest BCUT2D eigenvalue weighted by atomic mass is 32.2. The summed E-state index contributed by atoms with van der Waals surface area (Å²) < 4.78 is 26.0. The van der Waals surface area contributed by atoms with Crippen LogP contribution in [0.4, 0.5) is 0 Å². The zero-order valence-corrected chi connectivity index (χ0v) is 9.90. The molecular formula is C10H14N2O4S. The molecule has 1 aromatic heterocycles. The van der Waals surface area contributed by atoms with Crippen molar-refractivity contribution in [1.82, 2.24) is 9.71 Å². The highest BCUT2D eigenvalue weighted by molar-refractivity contribution is 7.89. The van der Waals surface area contributed by atoms with Gasteiger partial charge in [0.05, 0.1) is 11.0 Å². The van der Waals surface area contributed by atoms with Crippen LogP contribution in [-0.4, -0.2) is 31.2 Å². The monoisotopic (exact) mass is 258 g/mol. The normalized spacial score (nSPS) is 24.3. The molecule has 1 saturated carbocycles.